The molecule has 1 aromatic rings. The number of aromatic amines is 1. The number of amides is 1. The van der Waals surface area contributed by atoms with Crippen LogP contribution in [0, 0.1) is 0 Å². The van der Waals surface area contributed by atoms with Gasteiger partial charge in [0.05, 0.1) is 13.5 Å². The number of aromatic nitrogens is 2. The maximum absolute atomic E-state index is 12.4. The Morgan fingerprint density at radius 2 is 2.25 bits per heavy atom. The zero-order valence-electron chi connectivity index (χ0n) is 11.3. The van der Waals surface area contributed by atoms with E-state index >= 15 is 0 Å². The van der Waals surface area contributed by atoms with Gasteiger partial charge in [-0.05, 0) is 25.3 Å². The van der Waals surface area contributed by atoms with Gasteiger partial charge in [0.2, 0.25) is 0 Å². The molecule has 1 saturated heterocycles. The van der Waals surface area contributed by atoms with Crippen LogP contribution in [0.3, 0.4) is 0 Å². The second kappa shape index (κ2) is 6.31. The normalized spacial score (nSPS) is 18.6. The first-order valence-corrected chi connectivity index (χ1v) is 6.55. The maximum Gasteiger partial charge on any atom is 0.307 e. The molecule has 1 amide bonds. The molecule has 7 heteroatoms. The molecule has 0 aliphatic carbocycles. The summed E-state index contributed by atoms with van der Waals surface area (Å²) in [6.07, 6.45) is 2.83. The van der Waals surface area contributed by atoms with Gasteiger partial charge < -0.3 is 9.64 Å². The van der Waals surface area contributed by atoms with E-state index in [1.54, 1.807) is 4.90 Å². The summed E-state index contributed by atoms with van der Waals surface area (Å²) in [5.74, 6) is -0.598. The summed E-state index contributed by atoms with van der Waals surface area (Å²) in [4.78, 5) is 36.4. The molecule has 1 N–H and O–H groups in total. The third-order valence-corrected chi connectivity index (χ3v) is 3.42. The van der Waals surface area contributed by atoms with Gasteiger partial charge in [-0.1, -0.05) is 0 Å². The Morgan fingerprint density at radius 1 is 1.45 bits per heavy atom. The summed E-state index contributed by atoms with van der Waals surface area (Å²) >= 11 is 0. The summed E-state index contributed by atoms with van der Waals surface area (Å²) in [6.45, 7) is 0.585. The zero-order valence-corrected chi connectivity index (χ0v) is 11.3. The molecule has 108 valence electrons. The minimum atomic E-state index is -0.355. The third-order valence-electron chi connectivity index (χ3n) is 3.42. The Morgan fingerprint density at radius 3 is 2.90 bits per heavy atom. The van der Waals surface area contributed by atoms with Crippen molar-refractivity contribution >= 4 is 11.9 Å². The molecule has 7 nitrogen and oxygen atoms in total. The number of methoxy groups -OCH3 is 1. The number of piperidine rings is 1. The second-order valence-electron chi connectivity index (χ2n) is 4.73. The monoisotopic (exact) mass is 279 g/mol. The molecular formula is C13H17N3O4. The van der Waals surface area contributed by atoms with E-state index in [1.807, 2.05) is 0 Å². The second-order valence-corrected chi connectivity index (χ2v) is 4.73. The lowest BCUT2D eigenvalue weighted by Crippen LogP contribution is -2.45. The molecule has 0 saturated carbocycles. The highest BCUT2D eigenvalue weighted by atomic mass is 16.5. The van der Waals surface area contributed by atoms with Gasteiger partial charge in [0.15, 0.2) is 0 Å². The summed E-state index contributed by atoms with van der Waals surface area (Å²) in [7, 11) is 1.33. The number of ether oxygens (including phenoxy) is 1. The highest BCUT2D eigenvalue weighted by Crippen LogP contribution is 2.21. The van der Waals surface area contributed by atoms with Gasteiger partial charge in [0.25, 0.3) is 11.5 Å². The van der Waals surface area contributed by atoms with E-state index in [1.165, 1.54) is 19.2 Å². The molecule has 0 aromatic carbocycles. The third kappa shape index (κ3) is 3.23. The lowest BCUT2D eigenvalue weighted by Gasteiger charge is -2.34. The van der Waals surface area contributed by atoms with Crippen molar-refractivity contribution in [2.75, 3.05) is 13.7 Å². The molecule has 1 aliphatic rings. The first-order valence-electron chi connectivity index (χ1n) is 6.55. The van der Waals surface area contributed by atoms with Gasteiger partial charge in [-0.15, -0.1) is 0 Å². The van der Waals surface area contributed by atoms with E-state index in [0.29, 0.717) is 6.54 Å². The van der Waals surface area contributed by atoms with Crippen molar-refractivity contribution in [1.82, 2.24) is 15.1 Å². The minimum absolute atomic E-state index is 0.169. The van der Waals surface area contributed by atoms with E-state index in [2.05, 4.69) is 14.9 Å². The van der Waals surface area contributed by atoms with Crippen LogP contribution in [0.4, 0.5) is 0 Å². The van der Waals surface area contributed by atoms with E-state index in [-0.39, 0.29) is 35.6 Å². The molecule has 0 bridgehead atoms. The number of nitrogens with zero attached hydrogens (tertiary/aromatic N) is 2. The SMILES string of the molecule is COC(=O)CC1CCCCN1C(=O)c1ccc(=O)[nH]n1. The molecular weight excluding hydrogens is 262 g/mol. The molecule has 1 atom stereocenters. The van der Waals surface area contributed by atoms with Crippen LogP contribution < -0.4 is 5.56 Å². The van der Waals surface area contributed by atoms with Gasteiger partial charge in [-0.25, -0.2) is 5.10 Å². The van der Waals surface area contributed by atoms with Crippen molar-refractivity contribution in [2.45, 2.75) is 31.7 Å². The number of esters is 1. The van der Waals surface area contributed by atoms with Crippen LogP contribution in [0.25, 0.3) is 0 Å². The Bertz CT molecular complexity index is 534. The van der Waals surface area contributed by atoms with E-state index in [0.717, 1.165) is 19.3 Å². The number of likely N-dealkylation sites (tertiary alicyclic amines) is 1. The van der Waals surface area contributed by atoms with Gasteiger partial charge in [0, 0.05) is 18.7 Å². The largest absolute Gasteiger partial charge is 0.469 e. The zero-order chi connectivity index (χ0) is 14.5. The van der Waals surface area contributed by atoms with Crippen LogP contribution in [-0.4, -0.2) is 46.7 Å². The highest BCUT2D eigenvalue weighted by Gasteiger charge is 2.30. The Hall–Kier alpha value is -2.18. The van der Waals surface area contributed by atoms with Gasteiger partial charge in [-0.2, -0.15) is 5.10 Å². The number of hydrogen-bond acceptors (Lipinski definition) is 5. The fraction of sp³-hybridized carbons (Fsp3) is 0.538. The summed E-state index contributed by atoms with van der Waals surface area (Å²) in [6, 6.07) is 2.49. The van der Waals surface area contributed by atoms with Crippen molar-refractivity contribution in [3.63, 3.8) is 0 Å². The Labute approximate surface area is 115 Å². The number of rotatable bonds is 3. The van der Waals surface area contributed by atoms with Crippen LogP contribution in [-0.2, 0) is 9.53 Å². The first kappa shape index (κ1) is 14.2. The molecule has 1 fully saturated rings. The lowest BCUT2D eigenvalue weighted by molar-refractivity contribution is -0.142. The van der Waals surface area contributed by atoms with E-state index in [4.69, 9.17) is 0 Å². The number of H-pyrrole nitrogens is 1. The van der Waals surface area contributed by atoms with Crippen LogP contribution in [0.5, 0.6) is 0 Å². The van der Waals surface area contributed by atoms with E-state index in [9.17, 15) is 14.4 Å². The van der Waals surface area contributed by atoms with Crippen LogP contribution in [0.15, 0.2) is 16.9 Å². The summed E-state index contributed by atoms with van der Waals surface area (Å²) in [5.41, 5.74) is -0.173. The predicted octanol–water partition coefficient (Wildman–Crippen LogP) is 0.328. The summed E-state index contributed by atoms with van der Waals surface area (Å²) in [5, 5.41) is 5.98. The molecule has 2 heterocycles. The van der Waals surface area contributed by atoms with Gasteiger partial charge >= 0.3 is 5.97 Å². The molecule has 20 heavy (non-hydrogen) atoms. The molecule has 1 aromatic heterocycles. The van der Waals surface area contributed by atoms with Crippen molar-refractivity contribution in [2.24, 2.45) is 0 Å². The van der Waals surface area contributed by atoms with Gasteiger partial charge in [0.1, 0.15) is 5.69 Å². The summed E-state index contributed by atoms with van der Waals surface area (Å²) < 4.78 is 4.66. The van der Waals surface area contributed by atoms with E-state index < -0.39 is 0 Å². The molecule has 1 aliphatic heterocycles. The first-order chi connectivity index (χ1) is 9.61. The molecule has 0 radical (unpaired) electrons. The Kier molecular flexibility index (Phi) is 4.49. The quantitative estimate of drug-likeness (QED) is 0.805. The van der Waals surface area contributed by atoms with Gasteiger partial charge in [-0.3, -0.25) is 14.4 Å². The fourth-order valence-electron chi connectivity index (χ4n) is 2.37. The standard InChI is InChI=1S/C13H17N3O4/c1-20-12(18)8-9-4-2-3-7-16(9)13(19)10-5-6-11(17)15-14-10/h5-6,9H,2-4,7-8H2,1H3,(H,15,17). The van der Waals surface area contributed by atoms with Crippen LogP contribution >= 0.6 is 0 Å². The number of carbonyl (C=O) groups is 2. The minimum Gasteiger partial charge on any atom is -0.469 e. The van der Waals surface area contributed by atoms with Crippen molar-refractivity contribution in [3.8, 4) is 0 Å². The maximum atomic E-state index is 12.4. The van der Waals surface area contributed by atoms with Crippen molar-refractivity contribution in [3.05, 3.63) is 28.2 Å². The van der Waals surface area contributed by atoms with Crippen LogP contribution in [0.2, 0.25) is 0 Å². The lowest BCUT2D eigenvalue weighted by atomic mass is 9.99. The fourth-order valence-corrected chi connectivity index (χ4v) is 2.37. The number of carbonyl (C=O) groups excluding carboxylic acids is 2. The average Bonchev–Trinajstić information content (AvgIpc) is 2.48. The topological polar surface area (TPSA) is 92.4 Å². The number of hydrogen-bond donors (Lipinski definition) is 1. The Balaban J connectivity index is 2.14. The van der Waals surface area contributed by atoms with Crippen molar-refractivity contribution in [1.29, 1.82) is 0 Å². The predicted molar refractivity (Wildman–Crippen MR) is 70.2 cm³/mol. The van der Waals surface area contributed by atoms with Crippen LogP contribution in [0.1, 0.15) is 36.2 Å². The number of nitrogens with one attached hydrogen (secondary N) is 1. The molecule has 1 unspecified atom stereocenters. The van der Waals surface area contributed by atoms with Crippen molar-refractivity contribution < 1.29 is 14.3 Å². The average molecular weight is 279 g/mol. The highest BCUT2D eigenvalue weighted by molar-refractivity contribution is 5.92. The molecule has 0 spiro atoms. The molecule has 2 rings (SSSR count). The smallest absolute Gasteiger partial charge is 0.307 e.